The molecule has 0 bridgehead atoms. The highest BCUT2D eigenvalue weighted by Gasteiger charge is 2.22. The summed E-state index contributed by atoms with van der Waals surface area (Å²) in [5.41, 5.74) is 1.07. The Morgan fingerprint density at radius 1 is 1.29 bits per heavy atom. The van der Waals surface area contributed by atoms with Gasteiger partial charge in [0.1, 0.15) is 0 Å². The third-order valence-electron chi connectivity index (χ3n) is 3.54. The Balaban J connectivity index is 1.96. The first-order chi connectivity index (χ1) is 8.20. The zero-order chi connectivity index (χ0) is 12.3. The molecule has 1 aromatic carbocycles. The van der Waals surface area contributed by atoms with Crippen LogP contribution in [0.5, 0.6) is 0 Å². The quantitative estimate of drug-likeness (QED) is 0.813. The summed E-state index contributed by atoms with van der Waals surface area (Å²) in [7, 11) is 2.02. The van der Waals surface area contributed by atoms with E-state index in [1.165, 1.54) is 25.7 Å². The van der Waals surface area contributed by atoms with Crippen LogP contribution in [0.2, 0.25) is 10.0 Å². The zero-order valence-corrected chi connectivity index (χ0v) is 11.7. The molecule has 0 amide bonds. The van der Waals surface area contributed by atoms with Crippen molar-refractivity contribution in [3.05, 3.63) is 33.8 Å². The molecule has 94 valence electrons. The van der Waals surface area contributed by atoms with Gasteiger partial charge in [0, 0.05) is 16.1 Å². The van der Waals surface area contributed by atoms with Crippen LogP contribution < -0.4 is 5.32 Å². The third-order valence-corrected chi connectivity index (χ3v) is 4.25. The van der Waals surface area contributed by atoms with Crippen molar-refractivity contribution in [1.29, 1.82) is 0 Å². The summed E-state index contributed by atoms with van der Waals surface area (Å²) in [4.78, 5) is 0. The Labute approximate surface area is 114 Å². The van der Waals surface area contributed by atoms with Crippen molar-refractivity contribution in [2.24, 2.45) is 5.92 Å². The van der Waals surface area contributed by atoms with Gasteiger partial charge in [-0.05, 0) is 49.9 Å². The molecule has 1 fully saturated rings. The van der Waals surface area contributed by atoms with Crippen LogP contribution in [0.3, 0.4) is 0 Å². The monoisotopic (exact) mass is 271 g/mol. The van der Waals surface area contributed by atoms with E-state index < -0.39 is 0 Å². The molecule has 1 unspecified atom stereocenters. The minimum absolute atomic E-state index is 0.480. The van der Waals surface area contributed by atoms with Crippen molar-refractivity contribution in [2.75, 3.05) is 7.05 Å². The van der Waals surface area contributed by atoms with Crippen LogP contribution in [0.4, 0.5) is 0 Å². The summed E-state index contributed by atoms with van der Waals surface area (Å²) in [6.07, 6.45) is 6.30. The molecule has 3 heteroatoms. The summed E-state index contributed by atoms with van der Waals surface area (Å²) >= 11 is 12.4. The topological polar surface area (TPSA) is 12.0 Å². The van der Waals surface area contributed by atoms with E-state index in [1.807, 2.05) is 25.2 Å². The third kappa shape index (κ3) is 3.87. The molecule has 0 heterocycles. The molecule has 0 saturated heterocycles. The lowest BCUT2D eigenvalue weighted by molar-refractivity contribution is 0.485. The second kappa shape index (κ2) is 6.08. The summed E-state index contributed by atoms with van der Waals surface area (Å²) in [5.74, 6) is 0.979. The van der Waals surface area contributed by atoms with Crippen molar-refractivity contribution >= 4 is 23.2 Å². The minimum atomic E-state index is 0.480. The molecule has 0 aliphatic heterocycles. The van der Waals surface area contributed by atoms with Gasteiger partial charge in [-0.2, -0.15) is 0 Å². The Morgan fingerprint density at radius 3 is 2.47 bits per heavy atom. The van der Waals surface area contributed by atoms with Gasteiger partial charge in [-0.1, -0.05) is 42.1 Å². The molecule has 0 radical (unpaired) electrons. The Bertz CT molecular complexity index is 354. The van der Waals surface area contributed by atoms with Crippen LogP contribution in [-0.2, 0) is 6.42 Å². The van der Waals surface area contributed by atoms with Crippen LogP contribution in [-0.4, -0.2) is 13.1 Å². The second-order valence-electron chi connectivity index (χ2n) is 4.91. The summed E-state index contributed by atoms with van der Waals surface area (Å²) in [6.45, 7) is 0. The van der Waals surface area contributed by atoms with Crippen molar-refractivity contribution in [2.45, 2.75) is 38.1 Å². The van der Waals surface area contributed by atoms with Crippen LogP contribution >= 0.6 is 23.2 Å². The van der Waals surface area contributed by atoms with Crippen LogP contribution in [0, 0.1) is 5.92 Å². The van der Waals surface area contributed by atoms with E-state index in [1.54, 1.807) is 0 Å². The number of nitrogens with one attached hydrogen (secondary N) is 1. The molecular formula is C14H19Cl2N. The van der Waals surface area contributed by atoms with E-state index >= 15 is 0 Å². The summed E-state index contributed by atoms with van der Waals surface area (Å²) in [6, 6.07) is 6.20. The molecule has 1 N–H and O–H groups in total. The number of hydrogen-bond donors (Lipinski definition) is 1. The number of benzene rings is 1. The molecule has 1 atom stereocenters. The highest BCUT2D eigenvalue weighted by Crippen LogP contribution is 2.34. The molecule has 2 rings (SSSR count). The maximum Gasteiger partial charge on any atom is 0.0453 e. The van der Waals surface area contributed by atoms with E-state index in [2.05, 4.69) is 5.32 Å². The first-order valence-electron chi connectivity index (χ1n) is 6.31. The van der Waals surface area contributed by atoms with Gasteiger partial charge in [0.15, 0.2) is 0 Å². The first-order valence-corrected chi connectivity index (χ1v) is 7.06. The average Bonchev–Trinajstić information content (AvgIpc) is 3.12. The van der Waals surface area contributed by atoms with E-state index in [0.717, 1.165) is 27.9 Å². The highest BCUT2D eigenvalue weighted by atomic mass is 35.5. The molecule has 1 aliphatic carbocycles. The van der Waals surface area contributed by atoms with Crippen molar-refractivity contribution in [3.8, 4) is 0 Å². The number of rotatable bonds is 6. The molecular weight excluding hydrogens is 253 g/mol. The lowest BCUT2D eigenvalue weighted by Gasteiger charge is -2.17. The minimum Gasteiger partial charge on any atom is -0.317 e. The maximum atomic E-state index is 6.19. The Kier molecular flexibility index (Phi) is 4.72. The molecule has 0 aromatic heterocycles. The van der Waals surface area contributed by atoms with Gasteiger partial charge in [-0.15, -0.1) is 0 Å². The van der Waals surface area contributed by atoms with Crippen molar-refractivity contribution in [3.63, 3.8) is 0 Å². The van der Waals surface area contributed by atoms with Crippen molar-refractivity contribution < 1.29 is 0 Å². The zero-order valence-electron chi connectivity index (χ0n) is 10.2. The van der Waals surface area contributed by atoms with Crippen LogP contribution in [0.25, 0.3) is 0 Å². The molecule has 17 heavy (non-hydrogen) atoms. The predicted molar refractivity (Wildman–Crippen MR) is 75.0 cm³/mol. The fraction of sp³-hybridized carbons (Fsp3) is 0.571. The second-order valence-corrected chi connectivity index (χ2v) is 5.73. The van der Waals surface area contributed by atoms with Crippen molar-refractivity contribution in [1.82, 2.24) is 5.32 Å². The highest BCUT2D eigenvalue weighted by molar-refractivity contribution is 6.35. The smallest absolute Gasteiger partial charge is 0.0453 e. The van der Waals surface area contributed by atoms with E-state index in [9.17, 15) is 0 Å². The Morgan fingerprint density at radius 2 is 1.94 bits per heavy atom. The summed E-state index contributed by atoms with van der Waals surface area (Å²) < 4.78 is 0. The Hall–Kier alpha value is -0.240. The number of halogens is 2. The summed E-state index contributed by atoms with van der Waals surface area (Å²) in [5, 5.41) is 4.93. The fourth-order valence-corrected chi connectivity index (χ4v) is 2.72. The van der Waals surface area contributed by atoms with Crippen LogP contribution in [0.1, 0.15) is 31.2 Å². The van der Waals surface area contributed by atoms with E-state index in [0.29, 0.717) is 6.04 Å². The van der Waals surface area contributed by atoms with Crippen LogP contribution in [0.15, 0.2) is 18.2 Å². The SMILES string of the molecule is CNC(CCC1CC1)Cc1c(Cl)cccc1Cl. The number of hydrogen-bond acceptors (Lipinski definition) is 1. The molecule has 0 spiro atoms. The van der Waals surface area contributed by atoms with Gasteiger partial charge < -0.3 is 5.32 Å². The molecule has 1 aromatic rings. The average molecular weight is 272 g/mol. The lowest BCUT2D eigenvalue weighted by atomic mass is 10.0. The van der Waals surface area contributed by atoms with E-state index in [4.69, 9.17) is 23.2 Å². The maximum absolute atomic E-state index is 6.19. The van der Waals surface area contributed by atoms with Gasteiger partial charge in [0.25, 0.3) is 0 Å². The van der Waals surface area contributed by atoms with E-state index in [-0.39, 0.29) is 0 Å². The largest absolute Gasteiger partial charge is 0.317 e. The predicted octanol–water partition coefficient (Wildman–Crippen LogP) is 4.31. The first kappa shape index (κ1) is 13.2. The van der Waals surface area contributed by atoms with Gasteiger partial charge in [-0.25, -0.2) is 0 Å². The normalized spacial score (nSPS) is 17.1. The van der Waals surface area contributed by atoms with Gasteiger partial charge >= 0.3 is 0 Å². The van der Waals surface area contributed by atoms with Gasteiger partial charge in [0.05, 0.1) is 0 Å². The fourth-order valence-electron chi connectivity index (χ4n) is 2.17. The molecule has 1 aliphatic rings. The molecule has 1 nitrogen and oxygen atoms in total. The lowest BCUT2D eigenvalue weighted by Crippen LogP contribution is -2.27. The van der Waals surface area contributed by atoms with Gasteiger partial charge in [-0.3, -0.25) is 0 Å². The standard InChI is InChI=1S/C14H19Cl2N/c1-17-11(8-7-10-5-6-10)9-12-13(15)3-2-4-14(12)16/h2-4,10-11,17H,5-9H2,1H3. The molecule has 1 saturated carbocycles. The number of likely N-dealkylation sites (N-methyl/N-ethyl adjacent to an activating group) is 1. The van der Waals surface area contributed by atoms with Gasteiger partial charge in [0.2, 0.25) is 0 Å².